The Kier molecular flexibility index (Phi) is 5.17. The van der Waals surface area contributed by atoms with E-state index in [9.17, 15) is 29.3 Å². The number of nitrogens with two attached hydrogens (primary N) is 1. The number of rotatable bonds is 6. The molecule has 32 heavy (non-hydrogen) atoms. The molecule has 5 amide bonds. The van der Waals surface area contributed by atoms with E-state index >= 15 is 0 Å². The maximum atomic E-state index is 13.0. The molecule has 1 aromatic heterocycles. The van der Waals surface area contributed by atoms with Gasteiger partial charge in [-0.3, -0.25) is 29.4 Å². The average Bonchev–Trinajstić information content (AvgIpc) is 3.37. The first-order chi connectivity index (χ1) is 15.1. The van der Waals surface area contributed by atoms with Crippen molar-refractivity contribution in [2.24, 2.45) is 5.73 Å². The Hall–Kier alpha value is -3.80. The number of hydrogen-bond donors (Lipinski definition) is 3. The normalized spacial score (nSPS) is 19.6. The zero-order chi connectivity index (χ0) is 23.2. The molecule has 4 rings (SSSR count). The van der Waals surface area contributed by atoms with Gasteiger partial charge in [-0.1, -0.05) is 0 Å². The summed E-state index contributed by atoms with van der Waals surface area (Å²) in [7, 11) is 0. The van der Waals surface area contributed by atoms with Crippen LogP contribution in [0, 0.1) is 10.1 Å². The summed E-state index contributed by atoms with van der Waals surface area (Å²) < 4.78 is 0. The fourth-order valence-corrected chi connectivity index (χ4v) is 5.33. The van der Waals surface area contributed by atoms with E-state index in [2.05, 4.69) is 10.6 Å². The van der Waals surface area contributed by atoms with Crippen molar-refractivity contribution >= 4 is 45.8 Å². The van der Waals surface area contributed by atoms with Gasteiger partial charge in [0.1, 0.15) is 17.1 Å². The number of primary amides is 1. The lowest BCUT2D eigenvalue weighted by molar-refractivity contribution is -0.384. The third-order valence-electron chi connectivity index (χ3n) is 5.65. The lowest BCUT2D eigenvalue weighted by Gasteiger charge is -2.22. The number of urea groups is 1. The van der Waals surface area contributed by atoms with Crippen molar-refractivity contribution in [3.05, 3.63) is 55.9 Å². The highest BCUT2D eigenvalue weighted by Crippen LogP contribution is 2.39. The molecule has 1 aliphatic carbocycles. The second-order valence-corrected chi connectivity index (χ2v) is 8.83. The fraction of sp³-hybridized carbons (Fsp3) is 0.300. The molecular formula is C20H19N5O6S. The molecule has 2 heterocycles. The highest BCUT2D eigenvalue weighted by atomic mass is 32.1. The van der Waals surface area contributed by atoms with Crippen molar-refractivity contribution in [1.82, 2.24) is 10.2 Å². The van der Waals surface area contributed by atoms with Crippen molar-refractivity contribution in [1.29, 1.82) is 0 Å². The van der Waals surface area contributed by atoms with Crippen LogP contribution in [0.5, 0.6) is 0 Å². The molecule has 0 saturated carbocycles. The number of benzene rings is 1. The van der Waals surface area contributed by atoms with E-state index in [1.807, 2.05) is 0 Å². The number of anilines is 1. The SMILES string of the molecule is C[C@]1(c2ccc([N+](=O)[O-])cc2)NC(=O)N(CC(=O)Nc2sc3c(c2C(N)=O)CCC3)C1=O. The maximum Gasteiger partial charge on any atom is 0.325 e. The number of thiophene rings is 1. The Morgan fingerprint density at radius 1 is 1.28 bits per heavy atom. The van der Waals surface area contributed by atoms with E-state index in [-0.39, 0.29) is 11.3 Å². The molecule has 0 unspecified atom stereocenters. The van der Waals surface area contributed by atoms with E-state index in [1.165, 1.54) is 42.5 Å². The van der Waals surface area contributed by atoms with Gasteiger partial charge in [0.25, 0.3) is 17.5 Å². The summed E-state index contributed by atoms with van der Waals surface area (Å²) >= 11 is 1.27. The van der Waals surface area contributed by atoms with Gasteiger partial charge in [-0.25, -0.2) is 4.79 Å². The van der Waals surface area contributed by atoms with Crippen LogP contribution in [-0.4, -0.2) is 40.1 Å². The van der Waals surface area contributed by atoms with Crippen LogP contribution >= 0.6 is 11.3 Å². The Morgan fingerprint density at radius 3 is 2.59 bits per heavy atom. The van der Waals surface area contributed by atoms with Gasteiger partial charge >= 0.3 is 6.03 Å². The molecule has 1 atom stereocenters. The lowest BCUT2D eigenvalue weighted by Crippen LogP contribution is -2.42. The molecule has 1 aliphatic heterocycles. The van der Waals surface area contributed by atoms with Crippen LogP contribution in [0.2, 0.25) is 0 Å². The first-order valence-corrected chi connectivity index (χ1v) is 10.6. The number of carbonyl (C=O) groups excluding carboxylic acids is 4. The van der Waals surface area contributed by atoms with Gasteiger partial charge in [0, 0.05) is 17.0 Å². The summed E-state index contributed by atoms with van der Waals surface area (Å²) in [6.07, 6.45) is 2.43. The van der Waals surface area contributed by atoms with Crippen LogP contribution < -0.4 is 16.4 Å². The number of hydrogen-bond acceptors (Lipinski definition) is 7. The highest BCUT2D eigenvalue weighted by Gasteiger charge is 2.49. The first kappa shape index (κ1) is 21.4. The molecule has 1 aromatic carbocycles. The van der Waals surface area contributed by atoms with E-state index in [0.717, 1.165) is 28.2 Å². The number of non-ortho nitro benzene ring substituents is 1. The van der Waals surface area contributed by atoms with E-state index in [1.54, 1.807) is 0 Å². The van der Waals surface area contributed by atoms with Crippen LogP contribution in [0.4, 0.5) is 15.5 Å². The molecule has 2 aromatic rings. The molecule has 1 saturated heterocycles. The van der Waals surface area contributed by atoms with Gasteiger partial charge in [0.2, 0.25) is 5.91 Å². The summed E-state index contributed by atoms with van der Waals surface area (Å²) in [5.41, 5.74) is 5.33. The Labute approximate surface area is 185 Å². The summed E-state index contributed by atoms with van der Waals surface area (Å²) in [4.78, 5) is 62.0. The molecule has 4 N–H and O–H groups in total. The molecule has 2 aliphatic rings. The van der Waals surface area contributed by atoms with E-state index in [4.69, 9.17) is 5.73 Å². The number of nitro groups is 1. The van der Waals surface area contributed by atoms with Crippen molar-refractivity contribution in [2.75, 3.05) is 11.9 Å². The summed E-state index contributed by atoms with van der Waals surface area (Å²) in [6, 6.07) is 4.46. The molecule has 166 valence electrons. The number of nitrogens with zero attached hydrogens (tertiary/aromatic N) is 2. The minimum atomic E-state index is -1.48. The van der Waals surface area contributed by atoms with Crippen LogP contribution in [0.15, 0.2) is 24.3 Å². The Bertz CT molecular complexity index is 1170. The summed E-state index contributed by atoms with van der Waals surface area (Å²) in [5.74, 6) is -1.96. The summed E-state index contributed by atoms with van der Waals surface area (Å²) in [6.45, 7) is 0.898. The number of amides is 5. The predicted octanol–water partition coefficient (Wildman–Crippen LogP) is 1.65. The van der Waals surface area contributed by atoms with Crippen LogP contribution in [0.25, 0.3) is 0 Å². The molecule has 11 nitrogen and oxygen atoms in total. The number of aryl methyl sites for hydroxylation is 1. The Balaban J connectivity index is 1.51. The topological polar surface area (TPSA) is 165 Å². The van der Waals surface area contributed by atoms with Gasteiger partial charge in [0.05, 0.1) is 10.5 Å². The molecule has 12 heteroatoms. The van der Waals surface area contributed by atoms with Gasteiger partial charge in [-0.15, -0.1) is 11.3 Å². The maximum absolute atomic E-state index is 13.0. The second-order valence-electron chi connectivity index (χ2n) is 7.72. The fourth-order valence-electron chi connectivity index (χ4n) is 4.02. The minimum absolute atomic E-state index is 0.154. The zero-order valence-corrected chi connectivity index (χ0v) is 17.8. The third-order valence-corrected chi connectivity index (χ3v) is 6.86. The average molecular weight is 457 g/mol. The van der Waals surface area contributed by atoms with Crippen molar-refractivity contribution < 1.29 is 24.1 Å². The van der Waals surface area contributed by atoms with Crippen molar-refractivity contribution in [3.8, 4) is 0 Å². The zero-order valence-electron chi connectivity index (χ0n) is 17.0. The number of carbonyl (C=O) groups is 4. The number of nitro benzene ring substituents is 1. The van der Waals surface area contributed by atoms with Gasteiger partial charge in [-0.05, 0) is 49.4 Å². The van der Waals surface area contributed by atoms with Gasteiger partial charge in [-0.2, -0.15) is 0 Å². The first-order valence-electron chi connectivity index (χ1n) is 9.75. The van der Waals surface area contributed by atoms with Crippen LogP contribution in [0.1, 0.15) is 39.7 Å². The van der Waals surface area contributed by atoms with E-state index < -0.39 is 40.8 Å². The van der Waals surface area contributed by atoms with E-state index in [0.29, 0.717) is 17.0 Å². The van der Waals surface area contributed by atoms with Gasteiger partial charge < -0.3 is 16.4 Å². The quantitative estimate of drug-likeness (QED) is 0.339. The van der Waals surface area contributed by atoms with Crippen molar-refractivity contribution in [2.45, 2.75) is 31.7 Å². The minimum Gasteiger partial charge on any atom is -0.365 e. The predicted molar refractivity (Wildman–Crippen MR) is 114 cm³/mol. The monoisotopic (exact) mass is 457 g/mol. The highest BCUT2D eigenvalue weighted by molar-refractivity contribution is 7.17. The smallest absolute Gasteiger partial charge is 0.325 e. The second kappa shape index (κ2) is 7.71. The lowest BCUT2D eigenvalue weighted by atomic mass is 9.92. The standard InChI is InChI=1S/C20H19N5O6S/c1-20(10-5-7-11(8-6-10)25(30)31)18(28)24(19(29)23-20)9-14(26)22-17-15(16(21)27)12-3-2-4-13(12)32-17/h5-8H,2-4,9H2,1H3,(H2,21,27)(H,22,26)(H,23,29)/t20-/m1/s1. The molecule has 1 fully saturated rings. The van der Waals surface area contributed by atoms with Gasteiger partial charge in [0.15, 0.2) is 0 Å². The molecule has 0 bridgehead atoms. The Morgan fingerprint density at radius 2 is 1.97 bits per heavy atom. The third kappa shape index (κ3) is 3.47. The number of nitrogens with one attached hydrogen (secondary N) is 2. The number of fused-ring (bicyclic) bond motifs is 1. The molecule has 0 spiro atoms. The molecule has 0 radical (unpaired) electrons. The summed E-state index contributed by atoms with van der Waals surface area (Å²) in [5, 5.41) is 16.3. The van der Waals surface area contributed by atoms with Crippen molar-refractivity contribution in [3.63, 3.8) is 0 Å². The van der Waals surface area contributed by atoms with Crippen LogP contribution in [0.3, 0.4) is 0 Å². The number of imide groups is 1. The largest absolute Gasteiger partial charge is 0.365 e. The van der Waals surface area contributed by atoms with Crippen LogP contribution in [-0.2, 0) is 28.0 Å². The molecular weight excluding hydrogens is 438 g/mol.